The summed E-state index contributed by atoms with van der Waals surface area (Å²) in [6, 6.07) is 17.3. The maximum atomic E-state index is 15.6. The summed E-state index contributed by atoms with van der Waals surface area (Å²) in [5.74, 6) is -0.103. The average molecular weight is 398 g/mol. The molecule has 0 aliphatic carbocycles. The Morgan fingerprint density at radius 3 is 2.70 bits per heavy atom. The summed E-state index contributed by atoms with van der Waals surface area (Å²) >= 11 is 0. The molecule has 2 N–H and O–H groups in total. The van der Waals surface area contributed by atoms with Crippen molar-refractivity contribution in [3.63, 3.8) is 0 Å². The van der Waals surface area contributed by atoms with Crippen molar-refractivity contribution in [1.29, 1.82) is 0 Å². The lowest BCUT2D eigenvalue weighted by Gasteiger charge is -2.11. The zero-order chi connectivity index (χ0) is 20.7. The van der Waals surface area contributed by atoms with Crippen molar-refractivity contribution in [2.75, 3.05) is 5.73 Å². The van der Waals surface area contributed by atoms with Crippen molar-refractivity contribution in [3.05, 3.63) is 90.1 Å². The molecule has 3 aromatic heterocycles. The third kappa shape index (κ3) is 3.20. The molecule has 0 aliphatic rings. The molecule has 30 heavy (non-hydrogen) atoms. The van der Waals surface area contributed by atoms with Crippen LogP contribution in [0.5, 0.6) is 0 Å². The van der Waals surface area contributed by atoms with Gasteiger partial charge in [-0.2, -0.15) is 10.1 Å². The summed E-state index contributed by atoms with van der Waals surface area (Å²) in [6.45, 7) is 2.53. The van der Waals surface area contributed by atoms with E-state index in [9.17, 15) is 0 Å². The number of pyridine rings is 1. The van der Waals surface area contributed by atoms with Crippen LogP contribution in [-0.2, 0) is 6.54 Å². The smallest absolute Gasteiger partial charge is 0.240 e. The van der Waals surface area contributed by atoms with Gasteiger partial charge in [-0.3, -0.25) is 4.68 Å². The fourth-order valence-electron chi connectivity index (χ4n) is 3.67. The number of fused-ring (bicyclic) bond motifs is 1. The first-order valence-corrected chi connectivity index (χ1v) is 9.56. The van der Waals surface area contributed by atoms with Gasteiger partial charge in [-0.15, -0.1) is 5.10 Å². The predicted molar refractivity (Wildman–Crippen MR) is 114 cm³/mol. The topological polar surface area (TPSA) is 74.0 Å². The fraction of sp³-hybridized carbons (Fsp3) is 0.0870. The minimum atomic E-state index is -0.286. The highest BCUT2D eigenvalue weighted by Crippen LogP contribution is 2.34. The zero-order valence-corrected chi connectivity index (χ0v) is 16.3. The molecule has 0 unspecified atom stereocenters. The Kier molecular flexibility index (Phi) is 4.28. The summed E-state index contributed by atoms with van der Waals surface area (Å²) in [5, 5.41) is 8.50. The van der Waals surface area contributed by atoms with Crippen LogP contribution in [0.25, 0.3) is 27.9 Å². The van der Waals surface area contributed by atoms with Crippen LogP contribution in [-0.4, -0.2) is 24.4 Å². The number of benzene rings is 2. The number of halogens is 1. The molecule has 0 spiro atoms. The molecule has 0 bridgehead atoms. The second kappa shape index (κ2) is 7.11. The molecule has 6 nitrogen and oxygen atoms in total. The first-order chi connectivity index (χ1) is 14.6. The van der Waals surface area contributed by atoms with Gasteiger partial charge in [-0.05, 0) is 35.7 Å². The number of nitrogens with two attached hydrogens (primary N) is 1. The molecule has 0 fully saturated rings. The van der Waals surface area contributed by atoms with Crippen molar-refractivity contribution >= 4 is 11.6 Å². The Morgan fingerprint density at radius 2 is 1.87 bits per heavy atom. The Balaban J connectivity index is 1.54. The van der Waals surface area contributed by atoms with Crippen molar-refractivity contribution < 1.29 is 4.39 Å². The fourth-order valence-corrected chi connectivity index (χ4v) is 3.67. The van der Waals surface area contributed by atoms with Crippen molar-refractivity contribution in [1.82, 2.24) is 24.4 Å². The van der Waals surface area contributed by atoms with Gasteiger partial charge in [0.25, 0.3) is 0 Å². The van der Waals surface area contributed by atoms with E-state index in [1.165, 1.54) is 0 Å². The molecule has 0 atom stereocenters. The van der Waals surface area contributed by atoms with Crippen molar-refractivity contribution in [3.8, 4) is 22.3 Å². The SMILES string of the molecule is Cc1ccc(-c2ccn3nc(N)nc3c2)c(F)c1-c1cnn(Cc2ccccc2)c1. The lowest BCUT2D eigenvalue weighted by Crippen LogP contribution is -1.99. The van der Waals surface area contributed by atoms with Crippen LogP contribution in [0, 0.1) is 12.7 Å². The number of anilines is 1. The highest BCUT2D eigenvalue weighted by Gasteiger charge is 2.17. The molecular formula is C23H19FN6. The molecule has 148 valence electrons. The molecule has 2 aromatic carbocycles. The number of aryl methyl sites for hydroxylation is 1. The Morgan fingerprint density at radius 1 is 1.03 bits per heavy atom. The number of hydrogen-bond acceptors (Lipinski definition) is 4. The van der Waals surface area contributed by atoms with E-state index in [2.05, 4.69) is 15.2 Å². The van der Waals surface area contributed by atoms with Gasteiger partial charge in [0.15, 0.2) is 5.65 Å². The molecule has 0 saturated carbocycles. The highest BCUT2D eigenvalue weighted by atomic mass is 19.1. The molecule has 0 saturated heterocycles. The van der Waals surface area contributed by atoms with Gasteiger partial charge in [0.2, 0.25) is 5.95 Å². The normalized spacial score (nSPS) is 11.3. The van der Waals surface area contributed by atoms with Gasteiger partial charge < -0.3 is 5.73 Å². The first kappa shape index (κ1) is 18.1. The minimum absolute atomic E-state index is 0.183. The van der Waals surface area contributed by atoms with E-state index in [0.717, 1.165) is 16.7 Å². The second-order valence-electron chi connectivity index (χ2n) is 7.22. The van der Waals surface area contributed by atoms with E-state index in [1.807, 2.05) is 54.2 Å². The molecular weight excluding hydrogens is 379 g/mol. The summed E-state index contributed by atoms with van der Waals surface area (Å²) < 4.78 is 19.0. The standard InChI is InChI=1S/C23H19FN6/c1-15-7-8-19(17-9-10-30-20(11-17)27-23(25)28-30)22(24)21(15)18-12-26-29(14-18)13-16-5-3-2-4-6-16/h2-12,14H,13H2,1H3,(H2,25,28). The highest BCUT2D eigenvalue weighted by molar-refractivity contribution is 5.77. The van der Waals surface area contributed by atoms with Crippen LogP contribution in [0.3, 0.4) is 0 Å². The number of rotatable bonds is 4. The number of hydrogen-bond donors (Lipinski definition) is 1. The Labute approximate surface area is 172 Å². The van der Waals surface area contributed by atoms with Gasteiger partial charge in [0.1, 0.15) is 5.82 Å². The number of aromatic nitrogens is 5. The lowest BCUT2D eigenvalue weighted by atomic mass is 9.96. The van der Waals surface area contributed by atoms with Crippen LogP contribution in [0.4, 0.5) is 10.3 Å². The number of nitrogen functional groups attached to an aromatic ring is 1. The lowest BCUT2D eigenvalue weighted by molar-refractivity contribution is 0.633. The maximum absolute atomic E-state index is 15.6. The summed E-state index contributed by atoms with van der Waals surface area (Å²) in [7, 11) is 0. The van der Waals surface area contributed by atoms with E-state index in [4.69, 9.17) is 5.73 Å². The summed E-state index contributed by atoms with van der Waals surface area (Å²) in [4.78, 5) is 4.16. The van der Waals surface area contributed by atoms with Gasteiger partial charge in [-0.25, -0.2) is 8.91 Å². The van der Waals surface area contributed by atoms with E-state index in [-0.39, 0.29) is 11.8 Å². The molecule has 3 heterocycles. The molecule has 0 amide bonds. The second-order valence-corrected chi connectivity index (χ2v) is 7.22. The quantitative estimate of drug-likeness (QED) is 0.489. The third-order valence-corrected chi connectivity index (χ3v) is 5.12. The first-order valence-electron chi connectivity index (χ1n) is 9.56. The van der Waals surface area contributed by atoms with Gasteiger partial charge in [0, 0.05) is 29.1 Å². The Hall–Kier alpha value is -4.00. The van der Waals surface area contributed by atoms with Crippen LogP contribution >= 0.6 is 0 Å². The molecule has 0 aliphatic heterocycles. The molecule has 7 heteroatoms. The van der Waals surface area contributed by atoms with E-state index < -0.39 is 0 Å². The molecule has 0 radical (unpaired) electrons. The Bertz CT molecular complexity index is 1350. The molecule has 5 aromatic rings. The van der Waals surface area contributed by atoms with E-state index in [0.29, 0.717) is 28.9 Å². The zero-order valence-electron chi connectivity index (χ0n) is 16.3. The summed E-state index contributed by atoms with van der Waals surface area (Å²) in [6.07, 6.45) is 5.32. The van der Waals surface area contributed by atoms with Crippen LogP contribution in [0.15, 0.2) is 73.2 Å². The number of nitrogens with zero attached hydrogens (tertiary/aromatic N) is 5. The minimum Gasteiger partial charge on any atom is -0.366 e. The predicted octanol–water partition coefficient (Wildman–Crippen LogP) is 4.34. The van der Waals surface area contributed by atoms with Gasteiger partial charge in [0.05, 0.1) is 12.7 Å². The van der Waals surface area contributed by atoms with Crippen molar-refractivity contribution in [2.45, 2.75) is 13.5 Å². The van der Waals surface area contributed by atoms with Gasteiger partial charge in [-0.1, -0.05) is 42.5 Å². The summed E-state index contributed by atoms with van der Waals surface area (Å²) in [5.41, 5.74) is 10.7. The molecule has 5 rings (SSSR count). The average Bonchev–Trinajstić information content (AvgIpc) is 3.34. The third-order valence-electron chi connectivity index (χ3n) is 5.12. The van der Waals surface area contributed by atoms with Crippen molar-refractivity contribution in [2.24, 2.45) is 0 Å². The van der Waals surface area contributed by atoms with Crippen LogP contribution in [0.1, 0.15) is 11.1 Å². The monoisotopic (exact) mass is 398 g/mol. The van der Waals surface area contributed by atoms with Gasteiger partial charge >= 0.3 is 0 Å². The largest absolute Gasteiger partial charge is 0.366 e. The van der Waals surface area contributed by atoms with Crippen LogP contribution < -0.4 is 5.73 Å². The van der Waals surface area contributed by atoms with E-state index >= 15 is 4.39 Å². The van der Waals surface area contributed by atoms with Crippen LogP contribution in [0.2, 0.25) is 0 Å². The van der Waals surface area contributed by atoms with E-state index in [1.54, 1.807) is 35.1 Å². The maximum Gasteiger partial charge on any atom is 0.240 e.